The van der Waals surface area contributed by atoms with Gasteiger partial charge in [-0.2, -0.15) is 0 Å². The Balaban J connectivity index is 4.94. The third-order valence-electron chi connectivity index (χ3n) is 2.00. The summed E-state index contributed by atoms with van der Waals surface area (Å²) in [6, 6.07) is -1.49. The number of aliphatic carboxylic acids is 2. The van der Waals surface area contributed by atoms with E-state index in [2.05, 4.69) is 0 Å². The molecule has 8 nitrogen and oxygen atoms in total. The van der Waals surface area contributed by atoms with Crippen LogP contribution in [0.3, 0.4) is 0 Å². The standard InChI is InChI=1S/C8H12N2O6/c1-8(7(15)16,10-3-11)6(14)4(9)2-5(12)13/h3-4H,2,9H2,1H3,(H,10,11)(H,12,13)(H,15,16). The number of amides is 1. The molecule has 1 amide bonds. The van der Waals surface area contributed by atoms with Crippen LogP contribution in [0.15, 0.2) is 0 Å². The normalized spacial score (nSPS) is 15.6. The van der Waals surface area contributed by atoms with Crippen LogP contribution in [0.25, 0.3) is 0 Å². The predicted molar refractivity (Wildman–Crippen MR) is 50.5 cm³/mol. The second-order valence-electron chi connectivity index (χ2n) is 3.26. The summed E-state index contributed by atoms with van der Waals surface area (Å²) in [6.07, 6.45) is -0.665. The van der Waals surface area contributed by atoms with Crippen LogP contribution in [-0.2, 0) is 19.2 Å². The Morgan fingerprint density at radius 3 is 2.25 bits per heavy atom. The number of Topliss-reactive ketones (excluding diaryl/α,β-unsaturated/α-hetero) is 1. The van der Waals surface area contributed by atoms with E-state index in [-0.39, 0.29) is 6.41 Å². The number of rotatable bonds is 7. The zero-order chi connectivity index (χ0) is 12.9. The molecule has 2 atom stereocenters. The summed E-state index contributed by atoms with van der Waals surface area (Å²) in [6.45, 7) is 0.938. The Kier molecular flexibility index (Phi) is 4.58. The summed E-state index contributed by atoms with van der Waals surface area (Å²) in [5.41, 5.74) is 3.01. The first-order chi connectivity index (χ1) is 7.25. The lowest BCUT2D eigenvalue weighted by atomic mass is 9.90. The molecule has 0 spiro atoms. The van der Waals surface area contributed by atoms with Crippen LogP contribution in [0, 0.1) is 0 Å². The molecule has 16 heavy (non-hydrogen) atoms. The van der Waals surface area contributed by atoms with Crippen LogP contribution in [0.4, 0.5) is 0 Å². The molecular weight excluding hydrogens is 220 g/mol. The quantitative estimate of drug-likeness (QED) is 0.291. The van der Waals surface area contributed by atoms with Crippen molar-refractivity contribution in [3.8, 4) is 0 Å². The molecule has 0 saturated carbocycles. The Labute approximate surface area is 90.4 Å². The van der Waals surface area contributed by atoms with E-state index in [0.29, 0.717) is 0 Å². The van der Waals surface area contributed by atoms with Crippen LogP contribution >= 0.6 is 0 Å². The Morgan fingerprint density at radius 1 is 1.44 bits per heavy atom. The molecule has 0 aromatic carbocycles. The van der Waals surface area contributed by atoms with Gasteiger partial charge in [-0.15, -0.1) is 0 Å². The van der Waals surface area contributed by atoms with E-state index < -0.39 is 35.7 Å². The van der Waals surface area contributed by atoms with Gasteiger partial charge in [0.15, 0.2) is 11.3 Å². The second-order valence-corrected chi connectivity index (χ2v) is 3.26. The summed E-state index contributed by atoms with van der Waals surface area (Å²) in [5.74, 6) is -4.01. The zero-order valence-electron chi connectivity index (χ0n) is 8.47. The highest BCUT2D eigenvalue weighted by atomic mass is 16.4. The van der Waals surface area contributed by atoms with Crippen molar-refractivity contribution in [2.24, 2.45) is 5.73 Å². The van der Waals surface area contributed by atoms with Crippen molar-refractivity contribution in [3.05, 3.63) is 0 Å². The van der Waals surface area contributed by atoms with Crippen molar-refractivity contribution < 1.29 is 29.4 Å². The van der Waals surface area contributed by atoms with Crippen LogP contribution in [0.1, 0.15) is 13.3 Å². The van der Waals surface area contributed by atoms with Crippen LogP contribution in [-0.4, -0.2) is 45.9 Å². The molecule has 0 aromatic heterocycles. The molecule has 5 N–H and O–H groups in total. The summed E-state index contributed by atoms with van der Waals surface area (Å²) < 4.78 is 0. The number of carboxylic acids is 2. The van der Waals surface area contributed by atoms with Crippen LogP contribution < -0.4 is 11.1 Å². The molecule has 90 valence electrons. The molecule has 0 saturated heterocycles. The number of ketones is 1. The minimum atomic E-state index is -2.21. The van der Waals surface area contributed by atoms with Gasteiger partial charge in [0.25, 0.3) is 0 Å². The van der Waals surface area contributed by atoms with Gasteiger partial charge < -0.3 is 21.3 Å². The smallest absolute Gasteiger partial charge is 0.337 e. The minimum Gasteiger partial charge on any atom is -0.481 e. The third-order valence-corrected chi connectivity index (χ3v) is 2.00. The van der Waals surface area contributed by atoms with Crippen molar-refractivity contribution in [3.63, 3.8) is 0 Å². The number of nitrogens with one attached hydrogen (secondary N) is 1. The van der Waals surface area contributed by atoms with E-state index >= 15 is 0 Å². The van der Waals surface area contributed by atoms with Crippen molar-refractivity contribution in [1.82, 2.24) is 5.32 Å². The number of hydrogen-bond donors (Lipinski definition) is 4. The molecule has 0 aliphatic rings. The highest BCUT2D eigenvalue weighted by molar-refractivity contribution is 6.11. The maximum atomic E-state index is 11.5. The summed E-state index contributed by atoms with van der Waals surface area (Å²) >= 11 is 0. The maximum absolute atomic E-state index is 11.5. The lowest BCUT2D eigenvalue weighted by Crippen LogP contribution is -2.60. The monoisotopic (exact) mass is 232 g/mol. The van der Waals surface area contributed by atoms with E-state index in [4.69, 9.17) is 15.9 Å². The van der Waals surface area contributed by atoms with Gasteiger partial charge in [-0.1, -0.05) is 0 Å². The summed E-state index contributed by atoms with van der Waals surface area (Å²) in [7, 11) is 0. The molecular formula is C8H12N2O6. The van der Waals surface area contributed by atoms with Crippen molar-refractivity contribution in [1.29, 1.82) is 0 Å². The molecule has 0 bridgehead atoms. The molecule has 0 aliphatic heterocycles. The highest BCUT2D eigenvalue weighted by Gasteiger charge is 2.43. The largest absolute Gasteiger partial charge is 0.481 e. The van der Waals surface area contributed by atoms with Gasteiger partial charge in [-0.25, -0.2) is 4.79 Å². The average Bonchev–Trinajstić information content (AvgIpc) is 2.15. The van der Waals surface area contributed by atoms with Gasteiger partial charge in [0.2, 0.25) is 6.41 Å². The molecule has 0 aliphatic carbocycles. The predicted octanol–water partition coefficient (Wildman–Crippen LogP) is -2.05. The Hall–Kier alpha value is -1.96. The number of nitrogens with two attached hydrogens (primary N) is 1. The second kappa shape index (κ2) is 5.21. The summed E-state index contributed by atoms with van der Waals surface area (Å²) in [5, 5.41) is 19.0. The van der Waals surface area contributed by atoms with E-state index in [1.165, 1.54) is 0 Å². The van der Waals surface area contributed by atoms with Gasteiger partial charge in [0, 0.05) is 0 Å². The average molecular weight is 232 g/mol. The molecule has 0 aromatic rings. The molecule has 8 heteroatoms. The van der Waals surface area contributed by atoms with E-state index in [0.717, 1.165) is 6.92 Å². The fourth-order valence-corrected chi connectivity index (χ4v) is 1.01. The fraction of sp³-hybridized carbons (Fsp3) is 0.500. The summed E-state index contributed by atoms with van der Waals surface area (Å²) in [4.78, 5) is 42.8. The number of carbonyl (C=O) groups is 4. The maximum Gasteiger partial charge on any atom is 0.337 e. The van der Waals surface area contributed by atoms with Gasteiger partial charge in [0.05, 0.1) is 12.5 Å². The van der Waals surface area contributed by atoms with Crippen molar-refractivity contribution in [2.45, 2.75) is 24.9 Å². The molecule has 0 fully saturated rings. The SMILES string of the molecule is CC(NC=O)(C(=O)O)C(=O)C(N)CC(=O)O. The van der Waals surface area contributed by atoms with Gasteiger partial charge in [-0.05, 0) is 6.92 Å². The Morgan fingerprint density at radius 2 is 1.94 bits per heavy atom. The molecule has 0 heterocycles. The third kappa shape index (κ3) is 3.02. The fourth-order valence-electron chi connectivity index (χ4n) is 1.01. The van der Waals surface area contributed by atoms with E-state index in [1.54, 1.807) is 0 Å². The van der Waals surface area contributed by atoms with Gasteiger partial charge in [-0.3, -0.25) is 14.4 Å². The Bertz CT molecular complexity index is 328. The number of hydrogen-bond acceptors (Lipinski definition) is 5. The lowest BCUT2D eigenvalue weighted by molar-refractivity contribution is -0.152. The first kappa shape index (κ1) is 14.0. The van der Waals surface area contributed by atoms with Crippen molar-refractivity contribution in [2.75, 3.05) is 0 Å². The zero-order valence-corrected chi connectivity index (χ0v) is 8.47. The molecule has 0 rings (SSSR count). The van der Waals surface area contributed by atoms with Crippen LogP contribution in [0.2, 0.25) is 0 Å². The van der Waals surface area contributed by atoms with E-state index in [9.17, 15) is 19.2 Å². The first-order valence-corrected chi connectivity index (χ1v) is 4.22. The van der Waals surface area contributed by atoms with Gasteiger partial charge in [0.1, 0.15) is 0 Å². The van der Waals surface area contributed by atoms with Crippen LogP contribution in [0.5, 0.6) is 0 Å². The lowest BCUT2D eigenvalue weighted by Gasteiger charge is -2.24. The van der Waals surface area contributed by atoms with E-state index in [1.807, 2.05) is 5.32 Å². The highest BCUT2D eigenvalue weighted by Crippen LogP contribution is 2.09. The van der Waals surface area contributed by atoms with Crippen molar-refractivity contribution >= 4 is 24.1 Å². The minimum absolute atomic E-state index is 0.0412. The number of carboxylic acid groups (broad SMARTS) is 2. The molecule has 2 unspecified atom stereocenters. The van der Waals surface area contributed by atoms with Gasteiger partial charge >= 0.3 is 11.9 Å². The first-order valence-electron chi connectivity index (χ1n) is 4.22. The molecule has 0 radical (unpaired) electrons. The topological polar surface area (TPSA) is 147 Å². The number of carbonyl (C=O) groups excluding carboxylic acids is 2.